The Labute approximate surface area is 186 Å². The number of carbonyl (C=O) groups is 2. The average molecular weight is 438 g/mol. The lowest BCUT2D eigenvalue weighted by Crippen LogP contribution is -2.49. The van der Waals surface area contributed by atoms with Gasteiger partial charge < -0.3 is 10.2 Å². The monoisotopic (exact) mass is 437 g/mol. The molecule has 0 spiro atoms. The molecule has 3 rings (SSSR count). The van der Waals surface area contributed by atoms with Gasteiger partial charge in [-0.05, 0) is 62.1 Å². The van der Waals surface area contributed by atoms with Gasteiger partial charge in [0.1, 0.15) is 6.04 Å². The highest BCUT2D eigenvalue weighted by Gasteiger charge is 2.35. The van der Waals surface area contributed by atoms with Gasteiger partial charge in [-0.15, -0.1) is 5.10 Å². The van der Waals surface area contributed by atoms with Crippen LogP contribution in [0.3, 0.4) is 0 Å². The van der Waals surface area contributed by atoms with Crippen molar-refractivity contribution < 1.29 is 9.59 Å². The molecule has 0 saturated heterocycles. The summed E-state index contributed by atoms with van der Waals surface area (Å²) in [6.07, 6.45) is 0. The van der Waals surface area contributed by atoms with Gasteiger partial charge in [0.15, 0.2) is 5.69 Å². The molecule has 8 heteroatoms. The fourth-order valence-electron chi connectivity index (χ4n) is 3.16. The smallest absolute Gasteiger partial charge is 0.280 e. The van der Waals surface area contributed by atoms with Gasteiger partial charge in [-0.25, -0.2) is 0 Å². The number of para-hydroxylation sites is 1. The minimum Gasteiger partial charge on any atom is -0.378 e. The lowest BCUT2D eigenvalue weighted by Gasteiger charge is -2.33. The number of carbonyl (C=O) groups excluding carboxylic acids is 2. The van der Waals surface area contributed by atoms with E-state index in [1.165, 1.54) is 4.90 Å². The molecule has 0 bridgehead atoms. The third-order valence-electron chi connectivity index (χ3n) is 4.56. The van der Waals surface area contributed by atoms with Crippen LogP contribution in [-0.4, -0.2) is 41.0 Å². The number of nitrogens with zero attached hydrogens (tertiary/aromatic N) is 4. The Morgan fingerprint density at radius 2 is 1.61 bits per heavy atom. The van der Waals surface area contributed by atoms with Crippen LogP contribution in [0.2, 0.25) is 0 Å². The van der Waals surface area contributed by atoms with Crippen LogP contribution in [0.1, 0.15) is 42.9 Å². The van der Waals surface area contributed by atoms with Crippen LogP contribution in [-0.2, 0) is 4.79 Å². The molecule has 2 amide bonds. The van der Waals surface area contributed by atoms with E-state index in [1.54, 1.807) is 5.38 Å². The maximum atomic E-state index is 13.5. The van der Waals surface area contributed by atoms with Gasteiger partial charge in [0.25, 0.3) is 5.91 Å². The summed E-state index contributed by atoms with van der Waals surface area (Å²) in [6.45, 7) is 5.74. The number of hydrogen-bond acceptors (Lipinski definition) is 6. The van der Waals surface area contributed by atoms with Gasteiger partial charge >= 0.3 is 0 Å². The zero-order chi connectivity index (χ0) is 22.6. The van der Waals surface area contributed by atoms with E-state index in [4.69, 9.17) is 0 Å². The number of aromatic nitrogens is 2. The molecule has 1 atom stereocenters. The minimum absolute atomic E-state index is 0.201. The van der Waals surface area contributed by atoms with Crippen LogP contribution in [0.25, 0.3) is 0 Å². The number of anilines is 2. The number of amides is 2. The summed E-state index contributed by atoms with van der Waals surface area (Å²) in [5, 5.41) is 8.57. The van der Waals surface area contributed by atoms with Crippen molar-refractivity contribution in [2.24, 2.45) is 0 Å². The van der Waals surface area contributed by atoms with Crippen LogP contribution in [0.15, 0.2) is 60.0 Å². The maximum Gasteiger partial charge on any atom is 0.280 e. The first-order valence-electron chi connectivity index (χ1n) is 9.92. The molecule has 162 valence electrons. The summed E-state index contributed by atoms with van der Waals surface area (Å²) in [5.74, 6) is -0.656. The van der Waals surface area contributed by atoms with Gasteiger partial charge in [-0.1, -0.05) is 34.8 Å². The van der Waals surface area contributed by atoms with Crippen LogP contribution in [0.5, 0.6) is 0 Å². The van der Waals surface area contributed by atoms with E-state index < -0.39 is 11.6 Å². The molecular formula is C23H27N5O2S. The van der Waals surface area contributed by atoms with Gasteiger partial charge in [0.05, 0.1) is 0 Å². The van der Waals surface area contributed by atoms with E-state index in [9.17, 15) is 9.59 Å². The standard InChI is InChI=1S/C23H27N5O2S/c1-23(2,3)24-21(29)20(16-11-13-17(14-12-16)27(4)5)28(18-9-7-6-8-10-18)22(30)19-15-31-26-25-19/h6-15,20H,1-5H3,(H,24,29)/t20-/m1/s1. The largest absolute Gasteiger partial charge is 0.378 e. The first-order chi connectivity index (χ1) is 14.7. The highest BCUT2D eigenvalue weighted by Crippen LogP contribution is 2.31. The molecule has 3 aromatic rings. The summed E-state index contributed by atoms with van der Waals surface area (Å²) >= 11 is 1.10. The van der Waals surface area contributed by atoms with Crippen LogP contribution in [0.4, 0.5) is 11.4 Å². The van der Waals surface area contributed by atoms with Gasteiger partial charge in [0, 0.05) is 36.4 Å². The predicted octanol–water partition coefficient (Wildman–Crippen LogP) is 3.91. The summed E-state index contributed by atoms with van der Waals surface area (Å²) in [5.41, 5.74) is 2.04. The Balaban J connectivity index is 2.14. The molecule has 0 aliphatic heterocycles. The number of hydrogen-bond donors (Lipinski definition) is 1. The number of nitrogens with one attached hydrogen (secondary N) is 1. The third-order valence-corrected chi connectivity index (χ3v) is 5.07. The van der Waals surface area contributed by atoms with Crippen LogP contribution < -0.4 is 15.1 Å². The maximum absolute atomic E-state index is 13.5. The second-order valence-electron chi connectivity index (χ2n) is 8.43. The topological polar surface area (TPSA) is 78.4 Å². The number of rotatable bonds is 6. The van der Waals surface area contributed by atoms with Crippen molar-refractivity contribution in [3.63, 3.8) is 0 Å². The second kappa shape index (κ2) is 9.26. The van der Waals surface area contributed by atoms with E-state index in [1.807, 2.05) is 94.4 Å². The van der Waals surface area contributed by atoms with Gasteiger partial charge in [-0.3, -0.25) is 14.5 Å². The van der Waals surface area contributed by atoms with Gasteiger partial charge in [-0.2, -0.15) is 0 Å². The van der Waals surface area contributed by atoms with Crippen molar-refractivity contribution in [2.75, 3.05) is 23.9 Å². The molecule has 0 unspecified atom stereocenters. The quantitative estimate of drug-likeness (QED) is 0.633. The van der Waals surface area contributed by atoms with Crippen molar-refractivity contribution in [2.45, 2.75) is 32.4 Å². The predicted molar refractivity (Wildman–Crippen MR) is 125 cm³/mol. The lowest BCUT2D eigenvalue weighted by atomic mass is 10.00. The van der Waals surface area contributed by atoms with E-state index in [-0.39, 0.29) is 17.5 Å². The van der Waals surface area contributed by atoms with Crippen molar-refractivity contribution in [1.29, 1.82) is 0 Å². The van der Waals surface area contributed by atoms with E-state index in [0.717, 1.165) is 17.2 Å². The Morgan fingerprint density at radius 1 is 0.968 bits per heavy atom. The summed E-state index contributed by atoms with van der Waals surface area (Å²) in [7, 11) is 3.90. The molecule has 1 heterocycles. The number of benzene rings is 2. The summed E-state index contributed by atoms with van der Waals surface area (Å²) < 4.78 is 3.82. The Morgan fingerprint density at radius 3 is 2.13 bits per heavy atom. The molecule has 0 radical (unpaired) electrons. The van der Waals surface area contributed by atoms with E-state index >= 15 is 0 Å². The molecule has 31 heavy (non-hydrogen) atoms. The first-order valence-corrected chi connectivity index (χ1v) is 10.8. The fraction of sp³-hybridized carbons (Fsp3) is 0.304. The average Bonchev–Trinajstić information content (AvgIpc) is 3.26. The normalized spacial score (nSPS) is 12.2. The van der Waals surface area contributed by atoms with Crippen LogP contribution in [0, 0.1) is 0 Å². The molecule has 2 aromatic carbocycles. The summed E-state index contributed by atoms with van der Waals surface area (Å²) in [6, 6.07) is 15.9. The highest BCUT2D eigenvalue weighted by atomic mass is 32.1. The van der Waals surface area contributed by atoms with Crippen molar-refractivity contribution >= 4 is 34.7 Å². The molecule has 1 aromatic heterocycles. The molecule has 0 aliphatic carbocycles. The Kier molecular flexibility index (Phi) is 6.70. The van der Waals surface area contributed by atoms with Gasteiger partial charge in [0.2, 0.25) is 5.91 Å². The zero-order valence-electron chi connectivity index (χ0n) is 18.4. The molecule has 1 N–H and O–H groups in total. The van der Waals surface area contributed by atoms with Crippen molar-refractivity contribution in [3.05, 3.63) is 71.2 Å². The Hall–Kier alpha value is -3.26. The zero-order valence-corrected chi connectivity index (χ0v) is 19.2. The second-order valence-corrected chi connectivity index (χ2v) is 9.04. The molecular weight excluding hydrogens is 410 g/mol. The van der Waals surface area contributed by atoms with Crippen LogP contribution >= 0.6 is 11.5 Å². The minimum atomic E-state index is -0.882. The first kappa shape index (κ1) is 22.4. The van der Waals surface area contributed by atoms with Crippen molar-refractivity contribution in [1.82, 2.24) is 14.9 Å². The lowest BCUT2D eigenvalue weighted by molar-refractivity contribution is -0.123. The third kappa shape index (κ3) is 5.46. The molecule has 0 aliphatic rings. The molecule has 0 fully saturated rings. The highest BCUT2D eigenvalue weighted by molar-refractivity contribution is 7.03. The molecule has 0 saturated carbocycles. The Bertz CT molecular complexity index is 1010. The molecule has 7 nitrogen and oxygen atoms in total. The summed E-state index contributed by atoms with van der Waals surface area (Å²) in [4.78, 5) is 30.5. The fourth-order valence-corrected chi connectivity index (χ4v) is 3.59. The van der Waals surface area contributed by atoms with E-state index in [2.05, 4.69) is 14.9 Å². The van der Waals surface area contributed by atoms with E-state index in [0.29, 0.717) is 11.3 Å². The SMILES string of the molecule is CN(C)c1ccc([C@H](C(=O)NC(C)(C)C)N(C(=O)c2csnn2)c2ccccc2)cc1. The van der Waals surface area contributed by atoms with Crippen molar-refractivity contribution in [3.8, 4) is 0 Å².